The number of amides is 4. The summed E-state index contributed by atoms with van der Waals surface area (Å²) in [5.41, 5.74) is 0. The Morgan fingerprint density at radius 3 is 2.67 bits per heavy atom. The number of carbonyl (C=O) groups is 3. The number of urea groups is 1. The van der Waals surface area contributed by atoms with Gasteiger partial charge in [-0.3, -0.25) is 20.2 Å². The van der Waals surface area contributed by atoms with E-state index < -0.39 is 0 Å². The molecule has 0 aromatic heterocycles. The molecule has 0 aromatic rings. The minimum absolute atomic E-state index is 0.175. The fourth-order valence-corrected chi connectivity index (χ4v) is 5.60. The van der Waals surface area contributed by atoms with Crippen LogP contribution in [0.25, 0.3) is 0 Å². The molecule has 1 aliphatic carbocycles. The van der Waals surface area contributed by atoms with E-state index in [9.17, 15) is 14.4 Å². The van der Waals surface area contributed by atoms with Crippen LogP contribution in [0, 0.1) is 17.8 Å². The summed E-state index contributed by atoms with van der Waals surface area (Å²) in [5.74, 6) is 0.190. The maximum atomic E-state index is 13.3. The molecular formula is C20H32N4O3. The Kier molecular flexibility index (Phi) is 5.39. The molecule has 4 rings (SSSR count). The van der Waals surface area contributed by atoms with Crippen molar-refractivity contribution in [3.63, 3.8) is 0 Å². The lowest BCUT2D eigenvalue weighted by Gasteiger charge is -2.44. The highest BCUT2D eigenvalue weighted by atomic mass is 16.2. The number of likely N-dealkylation sites (tertiary alicyclic amines) is 1. The van der Waals surface area contributed by atoms with Crippen molar-refractivity contribution in [3.05, 3.63) is 0 Å². The largest absolute Gasteiger partial charge is 0.339 e. The number of carbonyl (C=O) groups excluding carboxylic acids is 3. The average Bonchev–Trinajstić information content (AvgIpc) is 3.14. The van der Waals surface area contributed by atoms with Gasteiger partial charge in [-0.25, -0.2) is 4.79 Å². The van der Waals surface area contributed by atoms with Crippen molar-refractivity contribution in [2.45, 2.75) is 70.0 Å². The Balaban J connectivity index is 1.39. The summed E-state index contributed by atoms with van der Waals surface area (Å²) >= 11 is 0. The summed E-state index contributed by atoms with van der Waals surface area (Å²) in [6.45, 7) is 1.39. The number of hydrogen-bond donors (Lipinski definition) is 2. The van der Waals surface area contributed by atoms with Crippen molar-refractivity contribution in [1.82, 2.24) is 20.4 Å². The van der Waals surface area contributed by atoms with Crippen LogP contribution in [0.2, 0.25) is 0 Å². The molecule has 4 fully saturated rings. The third kappa shape index (κ3) is 3.71. The van der Waals surface area contributed by atoms with Gasteiger partial charge < -0.3 is 9.80 Å². The molecule has 1 saturated carbocycles. The van der Waals surface area contributed by atoms with E-state index in [1.54, 1.807) is 7.05 Å². The second kappa shape index (κ2) is 7.78. The number of hydrogen-bond acceptors (Lipinski definition) is 4. The zero-order chi connectivity index (χ0) is 19.0. The third-order valence-electron chi connectivity index (χ3n) is 7.14. The molecule has 0 aromatic carbocycles. The van der Waals surface area contributed by atoms with E-state index >= 15 is 0 Å². The number of fused-ring (bicyclic) bond motifs is 1. The van der Waals surface area contributed by atoms with Crippen LogP contribution in [0.1, 0.15) is 57.8 Å². The lowest BCUT2D eigenvalue weighted by molar-refractivity contribution is -0.141. The third-order valence-corrected chi connectivity index (χ3v) is 7.14. The van der Waals surface area contributed by atoms with Crippen LogP contribution in [0.15, 0.2) is 0 Å². The highest BCUT2D eigenvalue weighted by Gasteiger charge is 2.46. The molecule has 4 unspecified atom stereocenters. The topological polar surface area (TPSA) is 81.8 Å². The van der Waals surface area contributed by atoms with Crippen LogP contribution in [0.5, 0.6) is 0 Å². The monoisotopic (exact) mass is 376 g/mol. The molecule has 4 atom stereocenters. The number of imide groups is 1. The second-order valence-electron chi connectivity index (χ2n) is 8.86. The molecule has 7 nitrogen and oxygen atoms in total. The summed E-state index contributed by atoms with van der Waals surface area (Å²) in [5, 5.41) is 5.68. The standard InChI is InChI=1S/C20H32N4O3/c1-23-17-16(18(25)22-20(23)27)11-14(12-21-17)19(26)24-9-5-8-15(24)10-13-6-3-2-4-7-13/h13-17,21H,2-12H2,1H3,(H,22,25,27). The SMILES string of the molecule is CN1C(=O)NC(=O)C2CC(C(=O)N3CCCC3CC3CCCCC3)CNC21. The molecule has 3 heterocycles. The Bertz CT molecular complexity index is 604. The summed E-state index contributed by atoms with van der Waals surface area (Å²) < 4.78 is 0. The first kappa shape index (κ1) is 18.7. The van der Waals surface area contributed by atoms with Crippen LogP contribution in [0.4, 0.5) is 4.79 Å². The van der Waals surface area contributed by atoms with Crippen molar-refractivity contribution >= 4 is 17.8 Å². The van der Waals surface area contributed by atoms with Crippen LogP contribution in [-0.4, -0.2) is 60.0 Å². The van der Waals surface area contributed by atoms with Crippen molar-refractivity contribution in [3.8, 4) is 0 Å². The molecule has 0 spiro atoms. The Morgan fingerprint density at radius 1 is 1.11 bits per heavy atom. The summed E-state index contributed by atoms with van der Waals surface area (Å²) in [4.78, 5) is 41.0. The first-order valence-electron chi connectivity index (χ1n) is 10.7. The molecule has 4 aliphatic rings. The van der Waals surface area contributed by atoms with E-state index in [-0.39, 0.29) is 35.8 Å². The molecule has 0 radical (unpaired) electrons. The van der Waals surface area contributed by atoms with Gasteiger partial charge in [-0.05, 0) is 31.6 Å². The highest BCUT2D eigenvalue weighted by Crippen LogP contribution is 2.34. The summed E-state index contributed by atoms with van der Waals surface area (Å²) in [6, 6.07) is 0.00775. The maximum absolute atomic E-state index is 13.3. The maximum Gasteiger partial charge on any atom is 0.325 e. The molecule has 2 N–H and O–H groups in total. The molecule has 3 aliphatic heterocycles. The average molecular weight is 377 g/mol. The van der Waals surface area contributed by atoms with Gasteiger partial charge in [0.25, 0.3) is 0 Å². The quantitative estimate of drug-likeness (QED) is 0.785. The molecule has 4 amide bonds. The van der Waals surface area contributed by atoms with Gasteiger partial charge >= 0.3 is 6.03 Å². The van der Waals surface area contributed by atoms with E-state index in [0.29, 0.717) is 19.0 Å². The molecule has 7 heteroatoms. The minimum Gasteiger partial charge on any atom is -0.339 e. The summed E-state index contributed by atoms with van der Waals surface area (Å²) in [7, 11) is 1.69. The predicted octanol–water partition coefficient (Wildman–Crippen LogP) is 1.68. The zero-order valence-corrected chi connectivity index (χ0v) is 16.3. The fraction of sp³-hybridized carbons (Fsp3) is 0.850. The Labute approximate surface area is 161 Å². The molecule has 0 bridgehead atoms. The first-order chi connectivity index (χ1) is 13.0. The minimum atomic E-state index is -0.370. The number of nitrogens with zero attached hydrogens (tertiary/aromatic N) is 2. The van der Waals surface area contributed by atoms with Crippen molar-refractivity contribution in [2.24, 2.45) is 17.8 Å². The Morgan fingerprint density at radius 2 is 1.89 bits per heavy atom. The van der Waals surface area contributed by atoms with Gasteiger partial charge in [-0.1, -0.05) is 32.1 Å². The number of rotatable bonds is 3. The van der Waals surface area contributed by atoms with Gasteiger partial charge in [0.15, 0.2) is 0 Å². The van der Waals surface area contributed by atoms with E-state index in [1.807, 2.05) is 0 Å². The second-order valence-corrected chi connectivity index (χ2v) is 8.86. The summed E-state index contributed by atoms with van der Waals surface area (Å²) in [6.07, 6.45) is 10.2. The van der Waals surface area contributed by atoms with Crippen molar-refractivity contribution < 1.29 is 14.4 Å². The molecular weight excluding hydrogens is 344 g/mol. The van der Waals surface area contributed by atoms with E-state index in [2.05, 4.69) is 15.5 Å². The number of nitrogens with one attached hydrogen (secondary N) is 2. The lowest BCUT2D eigenvalue weighted by Crippen LogP contribution is -2.67. The normalized spacial score (nSPS) is 35.1. The van der Waals surface area contributed by atoms with Gasteiger partial charge in [0.2, 0.25) is 11.8 Å². The van der Waals surface area contributed by atoms with Crippen molar-refractivity contribution in [1.29, 1.82) is 0 Å². The van der Waals surface area contributed by atoms with E-state index in [1.165, 1.54) is 37.0 Å². The Hall–Kier alpha value is -1.63. The van der Waals surface area contributed by atoms with Gasteiger partial charge in [0.05, 0.1) is 18.0 Å². The van der Waals surface area contributed by atoms with Gasteiger partial charge in [-0.15, -0.1) is 0 Å². The molecule has 150 valence electrons. The highest BCUT2D eigenvalue weighted by molar-refractivity contribution is 5.98. The predicted molar refractivity (Wildman–Crippen MR) is 101 cm³/mol. The lowest BCUT2D eigenvalue weighted by atomic mass is 9.83. The van der Waals surface area contributed by atoms with Gasteiger partial charge in [0, 0.05) is 26.2 Å². The smallest absolute Gasteiger partial charge is 0.325 e. The van der Waals surface area contributed by atoms with Crippen molar-refractivity contribution in [2.75, 3.05) is 20.1 Å². The first-order valence-corrected chi connectivity index (χ1v) is 10.7. The van der Waals surface area contributed by atoms with E-state index in [0.717, 1.165) is 31.7 Å². The van der Waals surface area contributed by atoms with Crippen LogP contribution in [-0.2, 0) is 9.59 Å². The fourth-order valence-electron chi connectivity index (χ4n) is 5.60. The van der Waals surface area contributed by atoms with Crippen LogP contribution in [0.3, 0.4) is 0 Å². The van der Waals surface area contributed by atoms with Crippen LogP contribution >= 0.6 is 0 Å². The number of piperidine rings is 1. The van der Waals surface area contributed by atoms with Crippen LogP contribution < -0.4 is 10.6 Å². The van der Waals surface area contributed by atoms with Gasteiger partial charge in [0.1, 0.15) is 0 Å². The van der Waals surface area contributed by atoms with Gasteiger partial charge in [-0.2, -0.15) is 0 Å². The van der Waals surface area contributed by atoms with E-state index in [4.69, 9.17) is 0 Å². The zero-order valence-electron chi connectivity index (χ0n) is 16.3. The molecule has 3 saturated heterocycles. The molecule has 27 heavy (non-hydrogen) atoms.